The molecule has 1 aromatic rings. The van der Waals surface area contributed by atoms with Crippen molar-refractivity contribution in [3.63, 3.8) is 0 Å². The molecular formula is C12H19N5OS2. The Hall–Kier alpha value is -1.12. The lowest BCUT2D eigenvalue weighted by Crippen LogP contribution is -2.46. The second-order valence-corrected chi connectivity index (χ2v) is 6.17. The van der Waals surface area contributed by atoms with Gasteiger partial charge in [0.05, 0.1) is 10.7 Å². The van der Waals surface area contributed by atoms with Gasteiger partial charge in [0.2, 0.25) is 0 Å². The standard InChI is InChI=1S/C12H19N5OS2/c1-2-9-11(20-16-15-9)12(18)14-8-3-5-17(6-4-8)7-10(13)19/h8H,2-7H2,1H3,(H2,13,19)(H,14,18). The minimum absolute atomic E-state index is 0.0513. The zero-order valence-corrected chi connectivity index (χ0v) is 13.1. The smallest absolute Gasteiger partial charge is 0.265 e. The molecule has 0 unspecified atom stereocenters. The molecule has 0 aliphatic carbocycles. The van der Waals surface area contributed by atoms with Gasteiger partial charge in [0.1, 0.15) is 4.88 Å². The molecule has 2 rings (SSSR count). The molecule has 1 amide bonds. The van der Waals surface area contributed by atoms with Gasteiger partial charge in [-0.1, -0.05) is 23.6 Å². The first kappa shape index (κ1) is 15.3. The monoisotopic (exact) mass is 313 g/mol. The summed E-state index contributed by atoms with van der Waals surface area (Å²) < 4.78 is 3.85. The Balaban J connectivity index is 1.83. The first-order valence-electron chi connectivity index (χ1n) is 6.73. The van der Waals surface area contributed by atoms with E-state index in [4.69, 9.17) is 18.0 Å². The summed E-state index contributed by atoms with van der Waals surface area (Å²) in [5.74, 6) is -0.0513. The van der Waals surface area contributed by atoms with Gasteiger partial charge in [0.15, 0.2) is 0 Å². The van der Waals surface area contributed by atoms with E-state index < -0.39 is 0 Å². The normalized spacial score (nSPS) is 17.1. The number of nitrogens with two attached hydrogens (primary N) is 1. The lowest BCUT2D eigenvalue weighted by atomic mass is 10.0. The fourth-order valence-corrected chi connectivity index (χ4v) is 3.16. The zero-order valence-electron chi connectivity index (χ0n) is 11.5. The number of nitrogens with one attached hydrogen (secondary N) is 1. The molecule has 110 valence electrons. The number of carbonyl (C=O) groups excluding carboxylic acids is 1. The predicted octanol–water partition coefficient (Wildman–Crippen LogP) is 0.581. The van der Waals surface area contributed by atoms with Crippen molar-refractivity contribution < 1.29 is 4.79 Å². The highest BCUT2D eigenvalue weighted by Crippen LogP contribution is 2.14. The zero-order chi connectivity index (χ0) is 14.5. The van der Waals surface area contributed by atoms with Crippen molar-refractivity contribution in [1.29, 1.82) is 0 Å². The van der Waals surface area contributed by atoms with Gasteiger partial charge in [-0.15, -0.1) is 5.10 Å². The Labute approximate surface area is 127 Å². The van der Waals surface area contributed by atoms with Crippen LogP contribution in [0.3, 0.4) is 0 Å². The summed E-state index contributed by atoms with van der Waals surface area (Å²) in [6.45, 7) is 4.45. The van der Waals surface area contributed by atoms with Crippen LogP contribution < -0.4 is 11.1 Å². The van der Waals surface area contributed by atoms with Crippen molar-refractivity contribution in [1.82, 2.24) is 19.8 Å². The highest BCUT2D eigenvalue weighted by atomic mass is 32.1. The van der Waals surface area contributed by atoms with Gasteiger partial charge in [-0.05, 0) is 30.8 Å². The van der Waals surface area contributed by atoms with E-state index in [1.165, 1.54) is 0 Å². The third kappa shape index (κ3) is 3.94. The molecule has 20 heavy (non-hydrogen) atoms. The molecule has 0 bridgehead atoms. The molecule has 1 saturated heterocycles. The Morgan fingerprint density at radius 3 is 2.85 bits per heavy atom. The molecule has 0 spiro atoms. The van der Waals surface area contributed by atoms with Crippen LogP contribution in [0.25, 0.3) is 0 Å². The Kier molecular flexibility index (Phi) is 5.38. The minimum Gasteiger partial charge on any atom is -0.392 e. The van der Waals surface area contributed by atoms with Crippen LogP contribution in [0.2, 0.25) is 0 Å². The summed E-state index contributed by atoms with van der Waals surface area (Å²) in [5.41, 5.74) is 6.32. The third-order valence-corrected chi connectivity index (χ3v) is 4.30. The number of amides is 1. The molecule has 0 aromatic carbocycles. The van der Waals surface area contributed by atoms with Gasteiger partial charge >= 0.3 is 0 Å². The van der Waals surface area contributed by atoms with Gasteiger partial charge in [-0.2, -0.15) is 0 Å². The fourth-order valence-electron chi connectivity index (χ4n) is 2.32. The Bertz CT molecular complexity index is 482. The van der Waals surface area contributed by atoms with Crippen LogP contribution in [0.15, 0.2) is 0 Å². The quantitative estimate of drug-likeness (QED) is 0.774. The lowest BCUT2D eigenvalue weighted by Gasteiger charge is -2.31. The van der Waals surface area contributed by atoms with Crippen molar-refractivity contribution in [2.45, 2.75) is 32.2 Å². The van der Waals surface area contributed by atoms with E-state index in [0.717, 1.165) is 49.6 Å². The molecule has 1 aliphatic heterocycles. The van der Waals surface area contributed by atoms with Crippen molar-refractivity contribution in [3.8, 4) is 0 Å². The molecule has 0 saturated carbocycles. The van der Waals surface area contributed by atoms with Gasteiger partial charge in [-0.25, -0.2) is 0 Å². The summed E-state index contributed by atoms with van der Waals surface area (Å²) in [6.07, 6.45) is 2.57. The summed E-state index contributed by atoms with van der Waals surface area (Å²) in [5, 5.41) is 7.04. The summed E-state index contributed by atoms with van der Waals surface area (Å²) in [7, 11) is 0. The van der Waals surface area contributed by atoms with E-state index in [2.05, 4.69) is 19.8 Å². The average molecular weight is 313 g/mol. The number of carbonyl (C=O) groups is 1. The number of aromatic nitrogens is 2. The maximum absolute atomic E-state index is 12.2. The molecular weight excluding hydrogens is 294 g/mol. The average Bonchev–Trinajstić information content (AvgIpc) is 2.89. The lowest BCUT2D eigenvalue weighted by molar-refractivity contribution is 0.0918. The van der Waals surface area contributed by atoms with Crippen LogP contribution in [0, 0.1) is 0 Å². The van der Waals surface area contributed by atoms with E-state index in [1.807, 2.05) is 6.92 Å². The molecule has 6 nitrogen and oxygen atoms in total. The van der Waals surface area contributed by atoms with E-state index in [0.29, 0.717) is 16.4 Å². The molecule has 1 aromatic heterocycles. The molecule has 0 atom stereocenters. The van der Waals surface area contributed by atoms with Gasteiger partial charge < -0.3 is 11.1 Å². The summed E-state index contributed by atoms with van der Waals surface area (Å²) >= 11 is 6.07. The second kappa shape index (κ2) is 7.05. The molecule has 3 N–H and O–H groups in total. The number of aryl methyl sites for hydroxylation is 1. The highest BCUT2D eigenvalue weighted by molar-refractivity contribution is 7.80. The van der Waals surface area contributed by atoms with E-state index >= 15 is 0 Å². The topological polar surface area (TPSA) is 84.1 Å². The largest absolute Gasteiger partial charge is 0.392 e. The number of thiocarbonyl (C=S) groups is 1. The number of piperidine rings is 1. The van der Waals surface area contributed by atoms with Crippen LogP contribution in [-0.2, 0) is 6.42 Å². The number of likely N-dealkylation sites (tertiary alicyclic amines) is 1. The van der Waals surface area contributed by atoms with Crippen molar-refractivity contribution >= 4 is 34.6 Å². The third-order valence-electron chi connectivity index (χ3n) is 3.40. The van der Waals surface area contributed by atoms with E-state index in [9.17, 15) is 4.79 Å². The van der Waals surface area contributed by atoms with E-state index in [-0.39, 0.29) is 11.9 Å². The van der Waals surface area contributed by atoms with Crippen molar-refractivity contribution in [2.75, 3.05) is 19.6 Å². The SMILES string of the molecule is CCc1nnsc1C(=O)NC1CCN(CC(N)=S)CC1. The molecule has 8 heteroatoms. The number of rotatable bonds is 5. The first-order valence-corrected chi connectivity index (χ1v) is 7.91. The highest BCUT2D eigenvalue weighted by Gasteiger charge is 2.23. The van der Waals surface area contributed by atoms with Crippen LogP contribution in [0.4, 0.5) is 0 Å². The molecule has 2 heterocycles. The number of hydrogen-bond acceptors (Lipinski definition) is 6. The Morgan fingerprint density at radius 2 is 2.25 bits per heavy atom. The van der Waals surface area contributed by atoms with Crippen molar-refractivity contribution in [2.24, 2.45) is 5.73 Å². The van der Waals surface area contributed by atoms with E-state index in [1.54, 1.807) is 0 Å². The number of nitrogens with zero attached hydrogens (tertiary/aromatic N) is 3. The van der Waals surface area contributed by atoms with Crippen LogP contribution in [0.1, 0.15) is 35.1 Å². The minimum atomic E-state index is -0.0513. The van der Waals surface area contributed by atoms with Crippen LogP contribution >= 0.6 is 23.8 Å². The van der Waals surface area contributed by atoms with Gasteiger partial charge in [0.25, 0.3) is 5.91 Å². The molecule has 0 radical (unpaired) electrons. The summed E-state index contributed by atoms with van der Waals surface area (Å²) in [6, 6.07) is 0.205. The number of hydrogen-bond donors (Lipinski definition) is 2. The molecule has 1 fully saturated rings. The van der Waals surface area contributed by atoms with Crippen LogP contribution in [-0.4, -0.2) is 51.1 Å². The fraction of sp³-hybridized carbons (Fsp3) is 0.667. The van der Waals surface area contributed by atoms with Crippen molar-refractivity contribution in [3.05, 3.63) is 10.6 Å². The maximum atomic E-state index is 12.2. The second-order valence-electron chi connectivity index (χ2n) is 4.89. The molecule has 1 aliphatic rings. The predicted molar refractivity (Wildman–Crippen MR) is 83.0 cm³/mol. The first-order chi connectivity index (χ1) is 9.60. The summed E-state index contributed by atoms with van der Waals surface area (Å²) in [4.78, 5) is 15.6. The van der Waals surface area contributed by atoms with Gasteiger partial charge in [-0.3, -0.25) is 9.69 Å². The van der Waals surface area contributed by atoms with Gasteiger partial charge in [0, 0.05) is 25.7 Å². The van der Waals surface area contributed by atoms with Crippen LogP contribution in [0.5, 0.6) is 0 Å². The Morgan fingerprint density at radius 1 is 1.55 bits per heavy atom. The maximum Gasteiger partial charge on any atom is 0.265 e.